The molecular formula is C15H28N2O3. The first-order valence-corrected chi connectivity index (χ1v) is 7.20. The summed E-state index contributed by atoms with van der Waals surface area (Å²) in [5.41, 5.74) is 1.23. The highest BCUT2D eigenvalue weighted by Gasteiger charge is 2.16. The van der Waals surface area contributed by atoms with E-state index in [1.807, 2.05) is 6.07 Å². The van der Waals surface area contributed by atoms with Gasteiger partial charge in [-0.25, -0.2) is 0 Å². The van der Waals surface area contributed by atoms with Crippen molar-refractivity contribution in [3.05, 3.63) is 23.7 Å². The lowest BCUT2D eigenvalue weighted by atomic mass is 10.2. The van der Waals surface area contributed by atoms with Crippen LogP contribution in [0.15, 0.2) is 16.7 Å². The molecule has 20 heavy (non-hydrogen) atoms. The molecule has 0 radical (unpaired) electrons. The second-order valence-electron chi connectivity index (χ2n) is 4.92. The lowest BCUT2D eigenvalue weighted by molar-refractivity contribution is 0.0701. The highest BCUT2D eigenvalue weighted by Crippen LogP contribution is 2.15. The summed E-state index contributed by atoms with van der Waals surface area (Å²) in [5, 5.41) is 3.30. The molecule has 1 N–H and O–H groups in total. The lowest BCUT2D eigenvalue weighted by Crippen LogP contribution is -2.38. The Balaban J connectivity index is 2.65. The number of hydrogen-bond acceptors (Lipinski definition) is 5. The maximum Gasteiger partial charge on any atom is 0.122 e. The first-order valence-electron chi connectivity index (χ1n) is 7.20. The van der Waals surface area contributed by atoms with E-state index in [1.54, 1.807) is 20.5 Å². The Bertz CT molecular complexity index is 355. The molecule has 1 aromatic rings. The molecule has 1 aromatic heterocycles. The molecule has 1 rings (SSSR count). The third-order valence-corrected chi connectivity index (χ3v) is 3.36. The van der Waals surface area contributed by atoms with Crippen molar-refractivity contribution in [1.29, 1.82) is 0 Å². The van der Waals surface area contributed by atoms with Crippen molar-refractivity contribution < 1.29 is 13.9 Å². The van der Waals surface area contributed by atoms with E-state index in [4.69, 9.17) is 13.9 Å². The molecule has 0 amide bonds. The van der Waals surface area contributed by atoms with Gasteiger partial charge in [0.15, 0.2) is 0 Å². The smallest absolute Gasteiger partial charge is 0.122 e. The number of ether oxygens (including phenoxy) is 2. The Labute approximate surface area is 122 Å². The Morgan fingerprint density at radius 3 is 2.80 bits per heavy atom. The van der Waals surface area contributed by atoms with Crippen molar-refractivity contribution in [1.82, 2.24) is 10.2 Å². The second-order valence-corrected chi connectivity index (χ2v) is 4.92. The average Bonchev–Trinajstić information content (AvgIpc) is 2.88. The van der Waals surface area contributed by atoms with Crippen LogP contribution in [0, 0.1) is 0 Å². The summed E-state index contributed by atoms with van der Waals surface area (Å²) in [7, 11) is 3.47. The van der Waals surface area contributed by atoms with Crippen LogP contribution >= 0.6 is 0 Å². The van der Waals surface area contributed by atoms with Gasteiger partial charge in [0.1, 0.15) is 5.76 Å². The Morgan fingerprint density at radius 1 is 1.35 bits per heavy atom. The van der Waals surface area contributed by atoms with Gasteiger partial charge in [0.2, 0.25) is 0 Å². The molecular weight excluding hydrogens is 256 g/mol. The molecule has 0 bridgehead atoms. The second kappa shape index (κ2) is 9.94. The van der Waals surface area contributed by atoms with Crippen LogP contribution in [-0.2, 0) is 22.6 Å². The molecule has 0 aliphatic rings. The van der Waals surface area contributed by atoms with Crippen molar-refractivity contribution in [2.45, 2.75) is 33.0 Å². The SMILES string of the molecule is CCNCc1occc1CN(CCOC)C(C)COC. The molecule has 5 nitrogen and oxygen atoms in total. The van der Waals surface area contributed by atoms with Gasteiger partial charge in [-0.05, 0) is 19.5 Å². The first-order chi connectivity index (χ1) is 9.72. The van der Waals surface area contributed by atoms with Gasteiger partial charge in [-0.1, -0.05) is 6.92 Å². The molecule has 0 aromatic carbocycles. The van der Waals surface area contributed by atoms with E-state index in [-0.39, 0.29) is 0 Å². The summed E-state index contributed by atoms with van der Waals surface area (Å²) in [4.78, 5) is 2.35. The molecule has 0 fully saturated rings. The predicted molar refractivity (Wildman–Crippen MR) is 79.7 cm³/mol. The summed E-state index contributed by atoms with van der Waals surface area (Å²) in [5.74, 6) is 1.01. The Kier molecular flexibility index (Phi) is 8.53. The number of nitrogens with zero attached hydrogens (tertiary/aromatic N) is 1. The minimum atomic E-state index is 0.344. The third-order valence-electron chi connectivity index (χ3n) is 3.36. The maximum atomic E-state index is 5.56. The standard InChI is InChI=1S/C15H28N2O3/c1-5-16-10-15-14(6-8-20-15)11-17(7-9-18-3)13(2)12-19-4/h6,8,13,16H,5,7,9-12H2,1-4H3. The molecule has 1 heterocycles. The summed E-state index contributed by atoms with van der Waals surface area (Å²) in [6.07, 6.45) is 1.76. The van der Waals surface area contributed by atoms with Gasteiger partial charge in [-0.2, -0.15) is 0 Å². The van der Waals surface area contributed by atoms with Crippen molar-refractivity contribution in [3.8, 4) is 0 Å². The van der Waals surface area contributed by atoms with Gasteiger partial charge in [-0.3, -0.25) is 4.90 Å². The zero-order valence-electron chi connectivity index (χ0n) is 13.1. The topological polar surface area (TPSA) is 46.9 Å². The average molecular weight is 284 g/mol. The van der Waals surface area contributed by atoms with Gasteiger partial charge >= 0.3 is 0 Å². The van der Waals surface area contributed by atoms with Crippen LogP contribution in [0.2, 0.25) is 0 Å². The van der Waals surface area contributed by atoms with Crippen LogP contribution < -0.4 is 5.32 Å². The van der Waals surface area contributed by atoms with E-state index < -0.39 is 0 Å². The molecule has 116 valence electrons. The van der Waals surface area contributed by atoms with Gasteiger partial charge < -0.3 is 19.2 Å². The minimum Gasteiger partial charge on any atom is -0.468 e. The molecule has 0 aliphatic heterocycles. The normalized spacial score (nSPS) is 13.1. The van der Waals surface area contributed by atoms with Gasteiger partial charge in [0, 0.05) is 38.9 Å². The van der Waals surface area contributed by atoms with Crippen LogP contribution in [0.4, 0.5) is 0 Å². The summed E-state index contributed by atoms with van der Waals surface area (Å²) < 4.78 is 16.0. The van der Waals surface area contributed by atoms with Crippen LogP contribution in [-0.4, -0.2) is 51.5 Å². The maximum absolute atomic E-state index is 5.56. The molecule has 1 unspecified atom stereocenters. The van der Waals surface area contributed by atoms with Crippen molar-refractivity contribution >= 4 is 0 Å². The number of hydrogen-bond donors (Lipinski definition) is 1. The third kappa shape index (κ3) is 5.63. The number of nitrogens with one attached hydrogen (secondary N) is 1. The fraction of sp³-hybridized carbons (Fsp3) is 0.733. The highest BCUT2D eigenvalue weighted by molar-refractivity contribution is 5.17. The fourth-order valence-corrected chi connectivity index (χ4v) is 2.13. The van der Waals surface area contributed by atoms with E-state index in [0.717, 1.165) is 31.9 Å². The van der Waals surface area contributed by atoms with Gasteiger partial charge in [-0.15, -0.1) is 0 Å². The predicted octanol–water partition coefficient (Wildman–Crippen LogP) is 1.87. The van der Waals surface area contributed by atoms with Gasteiger partial charge in [0.05, 0.1) is 26.0 Å². The monoisotopic (exact) mass is 284 g/mol. The Morgan fingerprint density at radius 2 is 2.15 bits per heavy atom. The number of furan rings is 1. The largest absolute Gasteiger partial charge is 0.468 e. The lowest BCUT2D eigenvalue weighted by Gasteiger charge is -2.28. The summed E-state index contributed by atoms with van der Waals surface area (Å²) >= 11 is 0. The zero-order chi connectivity index (χ0) is 14.8. The van der Waals surface area contributed by atoms with Crippen LogP contribution in [0.1, 0.15) is 25.2 Å². The van der Waals surface area contributed by atoms with Crippen molar-refractivity contribution in [2.24, 2.45) is 0 Å². The Hall–Kier alpha value is -0.880. The van der Waals surface area contributed by atoms with Gasteiger partial charge in [0.25, 0.3) is 0 Å². The summed E-state index contributed by atoms with van der Waals surface area (Å²) in [6, 6.07) is 2.39. The molecule has 0 saturated carbocycles. The van der Waals surface area contributed by atoms with E-state index in [1.165, 1.54) is 5.56 Å². The van der Waals surface area contributed by atoms with Crippen molar-refractivity contribution in [3.63, 3.8) is 0 Å². The van der Waals surface area contributed by atoms with E-state index in [2.05, 4.69) is 24.1 Å². The van der Waals surface area contributed by atoms with E-state index in [0.29, 0.717) is 19.3 Å². The zero-order valence-corrected chi connectivity index (χ0v) is 13.1. The molecule has 5 heteroatoms. The number of methoxy groups -OCH3 is 2. The fourth-order valence-electron chi connectivity index (χ4n) is 2.13. The minimum absolute atomic E-state index is 0.344. The van der Waals surface area contributed by atoms with E-state index in [9.17, 15) is 0 Å². The van der Waals surface area contributed by atoms with Crippen molar-refractivity contribution in [2.75, 3.05) is 40.5 Å². The molecule has 0 saturated heterocycles. The molecule has 0 aliphatic carbocycles. The first kappa shape index (κ1) is 17.2. The van der Waals surface area contributed by atoms with Crippen LogP contribution in [0.5, 0.6) is 0 Å². The number of rotatable bonds is 11. The highest BCUT2D eigenvalue weighted by atomic mass is 16.5. The molecule has 1 atom stereocenters. The van der Waals surface area contributed by atoms with Crippen LogP contribution in [0.25, 0.3) is 0 Å². The molecule has 0 spiro atoms. The van der Waals surface area contributed by atoms with E-state index >= 15 is 0 Å². The quantitative estimate of drug-likeness (QED) is 0.672. The summed E-state index contributed by atoms with van der Waals surface area (Å²) in [6.45, 7) is 9.14. The van der Waals surface area contributed by atoms with Crippen LogP contribution in [0.3, 0.4) is 0 Å².